The molecule has 1 aliphatic rings. The van der Waals surface area contributed by atoms with Gasteiger partial charge in [0, 0.05) is 32.2 Å². The van der Waals surface area contributed by atoms with Gasteiger partial charge >= 0.3 is 11.8 Å². The number of piperazine rings is 1. The van der Waals surface area contributed by atoms with Gasteiger partial charge in [-0.25, -0.2) is 9.59 Å². The van der Waals surface area contributed by atoms with Gasteiger partial charge in [0.1, 0.15) is 11.2 Å². The van der Waals surface area contributed by atoms with Crippen LogP contribution in [0.2, 0.25) is 0 Å². The number of anilines is 1. The number of ether oxygens (including phenoxy) is 1. The molecular formula is C21H31N7O3. The SMILES string of the molecule is CC[C@@H]1CN(c2nc(=O)n(C)c3cc(CC#N)nn23)[C@@H](CC)CN1C(=O)OC(C)(C)C. The summed E-state index contributed by atoms with van der Waals surface area (Å²) in [5, 5.41) is 13.6. The molecule has 0 N–H and O–H groups in total. The Morgan fingerprint density at radius 3 is 2.52 bits per heavy atom. The smallest absolute Gasteiger partial charge is 0.410 e. The first-order valence-corrected chi connectivity index (χ1v) is 10.7. The highest BCUT2D eigenvalue weighted by Crippen LogP contribution is 2.26. The predicted octanol–water partition coefficient (Wildman–Crippen LogP) is 2.11. The van der Waals surface area contributed by atoms with Crippen molar-refractivity contribution in [2.45, 2.75) is 71.6 Å². The van der Waals surface area contributed by atoms with E-state index in [9.17, 15) is 9.59 Å². The van der Waals surface area contributed by atoms with Crippen molar-refractivity contribution in [3.63, 3.8) is 0 Å². The van der Waals surface area contributed by atoms with Crippen LogP contribution in [-0.2, 0) is 18.2 Å². The molecule has 1 aliphatic heterocycles. The zero-order valence-corrected chi connectivity index (χ0v) is 19.1. The predicted molar refractivity (Wildman–Crippen MR) is 116 cm³/mol. The summed E-state index contributed by atoms with van der Waals surface area (Å²) in [6.07, 6.45) is 1.31. The quantitative estimate of drug-likeness (QED) is 0.732. The van der Waals surface area contributed by atoms with Gasteiger partial charge in [0.2, 0.25) is 5.95 Å². The zero-order chi connectivity index (χ0) is 22.9. The Hall–Kier alpha value is -3.09. The van der Waals surface area contributed by atoms with Crippen LogP contribution in [0.3, 0.4) is 0 Å². The molecule has 2 aromatic rings. The summed E-state index contributed by atoms with van der Waals surface area (Å²) < 4.78 is 8.68. The molecule has 0 saturated carbocycles. The Morgan fingerprint density at radius 2 is 1.94 bits per heavy atom. The van der Waals surface area contributed by atoms with Crippen molar-refractivity contribution < 1.29 is 9.53 Å². The Morgan fingerprint density at radius 1 is 1.26 bits per heavy atom. The lowest BCUT2D eigenvalue weighted by molar-refractivity contribution is 0.00971. The maximum atomic E-state index is 12.8. The molecule has 0 unspecified atom stereocenters. The van der Waals surface area contributed by atoms with Crippen LogP contribution in [-0.4, -0.2) is 60.9 Å². The van der Waals surface area contributed by atoms with Gasteiger partial charge in [-0.3, -0.25) is 4.57 Å². The molecule has 3 heterocycles. The number of hydrogen-bond donors (Lipinski definition) is 0. The molecule has 10 nitrogen and oxygen atoms in total. The summed E-state index contributed by atoms with van der Waals surface area (Å²) in [6, 6.07) is 3.69. The summed E-state index contributed by atoms with van der Waals surface area (Å²) in [5.41, 5.74) is 0.208. The third-order valence-electron chi connectivity index (χ3n) is 5.54. The fourth-order valence-corrected chi connectivity index (χ4v) is 3.90. The molecule has 0 spiro atoms. The van der Waals surface area contributed by atoms with Gasteiger partial charge in [-0.1, -0.05) is 13.8 Å². The summed E-state index contributed by atoms with van der Waals surface area (Å²) >= 11 is 0. The minimum Gasteiger partial charge on any atom is -0.444 e. The number of fused-ring (bicyclic) bond motifs is 1. The van der Waals surface area contributed by atoms with Crippen LogP contribution >= 0.6 is 0 Å². The van der Waals surface area contributed by atoms with Crippen molar-refractivity contribution in [2.24, 2.45) is 7.05 Å². The third kappa shape index (κ3) is 4.50. The summed E-state index contributed by atoms with van der Waals surface area (Å²) in [7, 11) is 1.64. The van der Waals surface area contributed by atoms with Gasteiger partial charge in [0.15, 0.2) is 0 Å². The van der Waals surface area contributed by atoms with Crippen molar-refractivity contribution in [3.8, 4) is 6.07 Å². The Bertz CT molecular complexity index is 1060. The highest BCUT2D eigenvalue weighted by Gasteiger charge is 2.38. The van der Waals surface area contributed by atoms with E-state index < -0.39 is 5.60 Å². The molecule has 1 saturated heterocycles. The van der Waals surface area contributed by atoms with Gasteiger partial charge in [-0.2, -0.15) is 19.9 Å². The normalized spacial score (nSPS) is 19.5. The molecule has 0 radical (unpaired) electrons. The van der Waals surface area contributed by atoms with Crippen LogP contribution in [0.5, 0.6) is 0 Å². The first kappa shape index (κ1) is 22.6. The average molecular weight is 430 g/mol. The van der Waals surface area contributed by atoms with Crippen LogP contribution in [0.1, 0.15) is 53.2 Å². The van der Waals surface area contributed by atoms with Gasteiger partial charge in [0.25, 0.3) is 0 Å². The molecule has 2 aromatic heterocycles. The van der Waals surface area contributed by atoms with E-state index in [1.807, 2.05) is 34.6 Å². The Labute approximate surface area is 182 Å². The molecular weight excluding hydrogens is 398 g/mol. The van der Waals surface area contributed by atoms with Crippen molar-refractivity contribution >= 4 is 17.7 Å². The molecule has 1 amide bonds. The lowest BCUT2D eigenvalue weighted by Gasteiger charge is -2.46. The minimum absolute atomic E-state index is 0.0539. The minimum atomic E-state index is -0.570. The standard InChI is InChI=1S/C21H31N7O3/c1-7-15-13-27(20(30)31-21(3,4)5)16(8-2)12-26(15)18-23-19(29)25(6)17-11-14(9-10-22)24-28(17)18/h11,15-16H,7-9,12-13H2,1-6H3/t15-,16+/m0/s1. The van der Waals surface area contributed by atoms with E-state index in [1.54, 1.807) is 22.5 Å². The third-order valence-corrected chi connectivity index (χ3v) is 5.54. The van der Waals surface area contributed by atoms with Crippen LogP contribution in [0.4, 0.5) is 10.7 Å². The van der Waals surface area contributed by atoms with E-state index >= 15 is 0 Å². The number of aromatic nitrogens is 4. The largest absolute Gasteiger partial charge is 0.444 e. The molecule has 31 heavy (non-hydrogen) atoms. The van der Waals surface area contributed by atoms with Crippen LogP contribution < -0.4 is 10.6 Å². The Balaban J connectivity index is 2.02. The number of nitrogens with zero attached hydrogens (tertiary/aromatic N) is 7. The number of carbonyl (C=O) groups excluding carboxylic acids is 1. The lowest BCUT2D eigenvalue weighted by atomic mass is 10.0. The number of hydrogen-bond acceptors (Lipinski definition) is 7. The highest BCUT2D eigenvalue weighted by atomic mass is 16.6. The summed E-state index contributed by atoms with van der Waals surface area (Å²) in [6.45, 7) is 10.6. The second-order valence-electron chi connectivity index (χ2n) is 8.90. The first-order valence-electron chi connectivity index (χ1n) is 10.7. The molecule has 2 atom stereocenters. The van der Waals surface area contributed by atoms with Gasteiger partial charge in [-0.15, -0.1) is 0 Å². The molecule has 3 rings (SSSR count). The van der Waals surface area contributed by atoms with Gasteiger partial charge < -0.3 is 14.5 Å². The summed E-state index contributed by atoms with van der Waals surface area (Å²) in [5.74, 6) is 0.441. The highest BCUT2D eigenvalue weighted by molar-refractivity contribution is 5.69. The lowest BCUT2D eigenvalue weighted by Crippen LogP contribution is -2.61. The van der Waals surface area contributed by atoms with Crippen molar-refractivity contribution in [1.29, 1.82) is 5.26 Å². The number of amides is 1. The molecule has 10 heteroatoms. The molecule has 0 aliphatic carbocycles. The van der Waals surface area contributed by atoms with E-state index in [4.69, 9.17) is 10.00 Å². The number of rotatable bonds is 4. The van der Waals surface area contributed by atoms with Crippen molar-refractivity contribution in [3.05, 3.63) is 22.2 Å². The first-order chi connectivity index (χ1) is 14.6. The molecule has 1 fully saturated rings. The second kappa shape index (κ2) is 8.57. The van der Waals surface area contributed by atoms with E-state index in [1.165, 1.54) is 4.57 Å². The number of nitriles is 1. The van der Waals surface area contributed by atoms with E-state index in [0.29, 0.717) is 30.4 Å². The maximum Gasteiger partial charge on any atom is 0.410 e. The molecule has 0 bridgehead atoms. The fraction of sp³-hybridized carbons (Fsp3) is 0.667. The second-order valence-corrected chi connectivity index (χ2v) is 8.90. The van der Waals surface area contributed by atoms with Gasteiger partial charge in [0.05, 0.1) is 24.2 Å². The van der Waals surface area contributed by atoms with Gasteiger partial charge in [-0.05, 0) is 33.6 Å². The Kier molecular flexibility index (Phi) is 6.25. The fourth-order valence-electron chi connectivity index (χ4n) is 3.90. The molecule has 168 valence electrons. The zero-order valence-electron chi connectivity index (χ0n) is 19.1. The summed E-state index contributed by atoms with van der Waals surface area (Å²) in [4.78, 5) is 33.6. The topological polar surface area (TPSA) is 109 Å². The average Bonchev–Trinajstić information content (AvgIpc) is 3.12. The molecule has 0 aromatic carbocycles. The van der Waals surface area contributed by atoms with Crippen molar-refractivity contribution in [1.82, 2.24) is 24.1 Å². The number of carbonyl (C=O) groups is 1. The maximum absolute atomic E-state index is 12.8. The van der Waals surface area contributed by atoms with E-state index in [-0.39, 0.29) is 30.3 Å². The van der Waals surface area contributed by atoms with E-state index in [0.717, 1.165) is 12.8 Å². The van der Waals surface area contributed by atoms with Crippen LogP contribution in [0, 0.1) is 11.3 Å². The van der Waals surface area contributed by atoms with E-state index in [2.05, 4.69) is 21.1 Å². The number of aryl methyl sites for hydroxylation is 1. The van der Waals surface area contributed by atoms with Crippen LogP contribution in [0.25, 0.3) is 5.65 Å². The van der Waals surface area contributed by atoms with Crippen LogP contribution in [0.15, 0.2) is 10.9 Å². The van der Waals surface area contributed by atoms with Crippen molar-refractivity contribution in [2.75, 3.05) is 18.0 Å². The monoisotopic (exact) mass is 429 g/mol.